The van der Waals surface area contributed by atoms with Gasteiger partial charge in [-0.25, -0.2) is 15.0 Å². The number of nitrogens with zero attached hydrogens (tertiary/aromatic N) is 8. The van der Waals surface area contributed by atoms with Crippen molar-refractivity contribution in [1.29, 1.82) is 0 Å². The SMILES string of the molecule is Cc1nc(NCCO)ccc1-c1nc2n(CC(=O)Nc3ccc(C(F)(F)F)cc3Cl)c3c(c(=O)n2n1)C1(CCN(C(=O)c2ncnc(C)c2O)CC1)CC3C. The Labute approximate surface area is 316 Å². The van der Waals surface area contributed by atoms with Crippen molar-refractivity contribution in [3.63, 3.8) is 0 Å². The first-order chi connectivity index (χ1) is 26.1. The van der Waals surface area contributed by atoms with Crippen molar-refractivity contribution in [1.82, 2.24) is 39.0 Å². The Morgan fingerprint density at radius 2 is 1.82 bits per heavy atom. The fourth-order valence-electron chi connectivity index (χ4n) is 7.71. The quantitative estimate of drug-likeness (QED) is 0.174. The Morgan fingerprint density at radius 3 is 2.49 bits per heavy atom. The number of aliphatic hydroxyl groups excluding tert-OH is 1. The summed E-state index contributed by atoms with van der Waals surface area (Å²) in [6.45, 7) is 5.56. The molecule has 1 unspecified atom stereocenters. The summed E-state index contributed by atoms with van der Waals surface area (Å²) in [5, 5.41) is 29.6. The first kappa shape index (κ1) is 37.7. The molecule has 1 atom stereocenters. The number of rotatable bonds is 8. The van der Waals surface area contributed by atoms with Gasteiger partial charge in [0.2, 0.25) is 11.7 Å². The smallest absolute Gasteiger partial charge is 0.416 e. The molecule has 4 N–H and O–H groups in total. The predicted octanol–water partition coefficient (Wildman–Crippen LogP) is 4.46. The highest BCUT2D eigenvalue weighted by atomic mass is 35.5. The van der Waals surface area contributed by atoms with Gasteiger partial charge in [-0.1, -0.05) is 18.5 Å². The van der Waals surface area contributed by atoms with Crippen molar-refractivity contribution in [2.24, 2.45) is 0 Å². The number of carbonyl (C=O) groups excluding carboxylic acids is 2. The van der Waals surface area contributed by atoms with E-state index in [2.05, 4.69) is 30.7 Å². The Balaban J connectivity index is 1.29. The number of benzene rings is 1. The maximum Gasteiger partial charge on any atom is 0.416 e. The maximum atomic E-state index is 14.6. The van der Waals surface area contributed by atoms with Crippen molar-refractivity contribution in [3.8, 4) is 17.1 Å². The highest BCUT2D eigenvalue weighted by molar-refractivity contribution is 6.33. The van der Waals surface area contributed by atoms with Gasteiger partial charge in [0.1, 0.15) is 18.7 Å². The molecule has 1 saturated heterocycles. The first-order valence-electron chi connectivity index (χ1n) is 17.4. The van der Waals surface area contributed by atoms with Crippen LogP contribution in [0.15, 0.2) is 41.5 Å². The van der Waals surface area contributed by atoms with Crippen LogP contribution in [0.3, 0.4) is 0 Å². The number of amides is 2. The number of alkyl halides is 3. The predicted molar refractivity (Wildman–Crippen MR) is 194 cm³/mol. The molecule has 4 aromatic heterocycles. The van der Waals surface area contributed by atoms with Crippen LogP contribution in [-0.2, 0) is 22.9 Å². The number of fused-ring (bicyclic) bond motifs is 3. The lowest BCUT2D eigenvalue weighted by atomic mass is 9.73. The van der Waals surface area contributed by atoms with Crippen molar-refractivity contribution in [2.45, 2.75) is 64.1 Å². The minimum Gasteiger partial charge on any atom is -0.504 e. The molecule has 0 radical (unpaired) electrons. The summed E-state index contributed by atoms with van der Waals surface area (Å²) < 4.78 is 42.6. The standard InChI is InChI=1S/C36H36ClF3N10O5/c1-18-15-35(8-11-48(12-9-35)33(55)28-30(53)20(3)42-17-43-28)27-29(18)49(16-26(52)45-24-6-4-21(14-23(24)37)36(38,39)40)34-46-31(47-50(34)32(27)54)22-5-7-25(41-10-13-51)44-19(22)2/h4-7,14,17-18,51,53H,8-13,15-16H2,1-3H3,(H,41,44)(H,45,52). The number of halogens is 4. The van der Waals surface area contributed by atoms with Crippen LogP contribution >= 0.6 is 11.6 Å². The van der Waals surface area contributed by atoms with Crippen LogP contribution in [0.1, 0.15) is 70.8 Å². The summed E-state index contributed by atoms with van der Waals surface area (Å²) in [5.74, 6) is -0.893. The minimum absolute atomic E-state index is 0.0291. The highest BCUT2D eigenvalue weighted by Gasteiger charge is 2.49. The van der Waals surface area contributed by atoms with E-state index in [0.717, 1.165) is 22.7 Å². The topological polar surface area (TPSA) is 193 Å². The largest absolute Gasteiger partial charge is 0.504 e. The summed E-state index contributed by atoms with van der Waals surface area (Å²) in [6, 6.07) is 6.04. The van der Waals surface area contributed by atoms with Crippen LogP contribution in [0.5, 0.6) is 5.75 Å². The Kier molecular flexibility index (Phi) is 9.75. The van der Waals surface area contributed by atoms with E-state index in [4.69, 9.17) is 16.6 Å². The molecule has 1 fully saturated rings. The van der Waals surface area contributed by atoms with Gasteiger partial charge in [0.25, 0.3) is 11.5 Å². The van der Waals surface area contributed by atoms with Crippen molar-refractivity contribution < 1.29 is 33.0 Å². The second-order valence-corrected chi connectivity index (χ2v) is 14.3. The second kappa shape index (κ2) is 14.2. The first-order valence-corrected chi connectivity index (χ1v) is 17.8. The number of hydrogen-bond acceptors (Lipinski definition) is 11. The number of hydrogen-bond donors (Lipinski definition) is 4. The second-order valence-electron chi connectivity index (χ2n) is 13.9. The molecule has 1 aliphatic carbocycles. The third-order valence-electron chi connectivity index (χ3n) is 10.3. The fraction of sp³-hybridized carbons (Fsp3) is 0.389. The molecule has 5 heterocycles. The minimum atomic E-state index is -4.63. The van der Waals surface area contributed by atoms with Gasteiger partial charge in [-0.3, -0.25) is 14.4 Å². The lowest BCUT2D eigenvalue weighted by molar-refractivity contribution is -0.137. The van der Waals surface area contributed by atoms with Gasteiger partial charge in [-0.2, -0.15) is 22.7 Å². The third kappa shape index (κ3) is 6.84. The lowest BCUT2D eigenvalue weighted by Crippen LogP contribution is -2.46. The number of aromatic nitrogens is 7. The number of aryl methyl sites for hydroxylation is 2. The summed E-state index contributed by atoms with van der Waals surface area (Å²) in [5.41, 5.74) is 0.0852. The summed E-state index contributed by atoms with van der Waals surface area (Å²) in [6.07, 6.45) is -2.11. The van der Waals surface area contributed by atoms with Gasteiger partial charge < -0.3 is 30.3 Å². The third-order valence-corrected chi connectivity index (χ3v) is 10.6. The zero-order valence-corrected chi connectivity index (χ0v) is 30.7. The van der Waals surface area contributed by atoms with Crippen LogP contribution < -0.4 is 16.2 Å². The van der Waals surface area contributed by atoms with E-state index in [0.29, 0.717) is 47.6 Å². The van der Waals surface area contributed by atoms with Crippen LogP contribution in [0, 0.1) is 13.8 Å². The van der Waals surface area contributed by atoms with Crippen molar-refractivity contribution in [2.75, 3.05) is 36.9 Å². The summed E-state index contributed by atoms with van der Waals surface area (Å²) >= 11 is 6.17. The Hall–Kier alpha value is -5.62. The number of aromatic hydroxyl groups is 1. The van der Waals surface area contributed by atoms with E-state index in [1.807, 2.05) is 6.92 Å². The Bertz CT molecular complexity index is 2410. The molecule has 55 heavy (non-hydrogen) atoms. The number of anilines is 2. The van der Waals surface area contributed by atoms with E-state index in [-0.39, 0.29) is 78.2 Å². The van der Waals surface area contributed by atoms with E-state index in [9.17, 15) is 37.8 Å². The van der Waals surface area contributed by atoms with E-state index in [1.54, 1.807) is 35.4 Å². The van der Waals surface area contributed by atoms with Gasteiger partial charge >= 0.3 is 6.18 Å². The van der Waals surface area contributed by atoms with E-state index in [1.165, 1.54) is 6.33 Å². The van der Waals surface area contributed by atoms with Gasteiger partial charge in [0.05, 0.1) is 34.3 Å². The van der Waals surface area contributed by atoms with Gasteiger partial charge in [0, 0.05) is 41.9 Å². The molecule has 1 spiro atoms. The maximum absolute atomic E-state index is 14.6. The van der Waals surface area contributed by atoms with Crippen LogP contribution in [0.25, 0.3) is 17.2 Å². The molecule has 2 aliphatic rings. The molecule has 19 heteroatoms. The van der Waals surface area contributed by atoms with Crippen molar-refractivity contribution in [3.05, 3.63) is 85.9 Å². The molecule has 15 nitrogen and oxygen atoms in total. The van der Waals surface area contributed by atoms with Gasteiger partial charge in [0.15, 0.2) is 17.3 Å². The van der Waals surface area contributed by atoms with Gasteiger partial charge in [-0.15, -0.1) is 5.10 Å². The van der Waals surface area contributed by atoms with Crippen LogP contribution in [0.2, 0.25) is 5.02 Å². The summed E-state index contributed by atoms with van der Waals surface area (Å²) in [4.78, 5) is 60.5. The van der Waals surface area contributed by atoms with Crippen molar-refractivity contribution >= 4 is 40.7 Å². The zero-order valence-electron chi connectivity index (χ0n) is 29.9. The molecule has 288 valence electrons. The highest BCUT2D eigenvalue weighted by Crippen LogP contribution is 2.50. The van der Waals surface area contributed by atoms with Crippen LogP contribution in [-0.4, -0.2) is 87.3 Å². The summed E-state index contributed by atoms with van der Waals surface area (Å²) in [7, 11) is 0. The normalized spacial score (nSPS) is 16.4. The number of pyridine rings is 1. The average Bonchev–Trinajstić information content (AvgIpc) is 3.70. The molecular weight excluding hydrogens is 745 g/mol. The number of likely N-dealkylation sites (tertiary alicyclic amines) is 1. The average molecular weight is 781 g/mol. The lowest BCUT2D eigenvalue weighted by Gasteiger charge is -2.39. The molecule has 0 saturated carbocycles. The molecule has 7 rings (SSSR count). The van der Waals surface area contributed by atoms with E-state index >= 15 is 0 Å². The number of aliphatic hydroxyl groups is 1. The molecule has 2 amide bonds. The molecule has 5 aromatic rings. The molecule has 1 aromatic carbocycles. The van der Waals surface area contributed by atoms with Gasteiger partial charge in [-0.05, 0) is 69.4 Å². The monoisotopic (exact) mass is 780 g/mol. The van der Waals surface area contributed by atoms with Crippen LogP contribution in [0.4, 0.5) is 24.7 Å². The fourth-order valence-corrected chi connectivity index (χ4v) is 7.94. The molecular formula is C36H36ClF3N10O5. The molecule has 0 bridgehead atoms. The Morgan fingerprint density at radius 1 is 1.07 bits per heavy atom. The molecule has 1 aliphatic heterocycles. The zero-order chi connectivity index (χ0) is 39.4. The number of piperidine rings is 1. The number of nitrogens with one attached hydrogen (secondary N) is 2. The van der Waals surface area contributed by atoms with E-state index < -0.39 is 34.5 Å². The number of carbonyl (C=O) groups is 2.